The monoisotopic (exact) mass is 694 g/mol. The molecule has 8 nitrogen and oxygen atoms in total. The minimum atomic E-state index is 0.408. The number of benzene rings is 4. The zero-order valence-electron chi connectivity index (χ0n) is 27.6. The summed E-state index contributed by atoms with van der Waals surface area (Å²) in [7, 11) is 9.04. The standard InChI is InChI=1S/C40H30N4O4S2/c1-45-29-13-5-25(6-14-29)33-21-37(27-9-17-31(47-3)18-10-27)43-39(35(33)23-41)49-50-40-36(24-42)34(26-7-15-30(46-2)16-8-26)22-38(44-40)28-11-19-32(48-4)20-12-28/h5-22H,1-4H3. The highest BCUT2D eigenvalue weighted by Gasteiger charge is 2.21. The quantitative estimate of drug-likeness (QED) is 0.122. The molecule has 0 saturated heterocycles. The van der Waals surface area contributed by atoms with Gasteiger partial charge in [-0.15, -0.1) is 0 Å². The van der Waals surface area contributed by atoms with E-state index in [9.17, 15) is 10.5 Å². The van der Waals surface area contributed by atoms with Gasteiger partial charge in [-0.2, -0.15) is 10.5 Å². The van der Waals surface area contributed by atoms with Crippen molar-refractivity contribution in [1.29, 1.82) is 10.5 Å². The fourth-order valence-corrected chi connectivity index (χ4v) is 7.38. The van der Waals surface area contributed by atoms with Crippen LogP contribution >= 0.6 is 21.6 Å². The lowest BCUT2D eigenvalue weighted by atomic mass is 9.99. The van der Waals surface area contributed by atoms with E-state index in [1.165, 1.54) is 21.6 Å². The molecule has 6 aromatic rings. The third kappa shape index (κ3) is 7.23. The fraction of sp³-hybridized carbons (Fsp3) is 0.100. The van der Waals surface area contributed by atoms with Gasteiger partial charge in [-0.05, 0) is 118 Å². The number of hydrogen-bond acceptors (Lipinski definition) is 10. The molecule has 0 bridgehead atoms. The van der Waals surface area contributed by atoms with Gasteiger partial charge in [0.25, 0.3) is 0 Å². The van der Waals surface area contributed by atoms with Crippen molar-refractivity contribution in [2.45, 2.75) is 10.1 Å². The van der Waals surface area contributed by atoms with E-state index in [4.69, 9.17) is 28.9 Å². The van der Waals surface area contributed by atoms with E-state index >= 15 is 0 Å². The van der Waals surface area contributed by atoms with E-state index in [-0.39, 0.29) is 0 Å². The van der Waals surface area contributed by atoms with Crippen molar-refractivity contribution in [3.05, 3.63) is 120 Å². The predicted octanol–water partition coefficient (Wildman–Crippen LogP) is 9.72. The highest BCUT2D eigenvalue weighted by molar-refractivity contribution is 8.76. The topological polar surface area (TPSA) is 110 Å². The average Bonchev–Trinajstić information content (AvgIpc) is 3.19. The Bertz CT molecular complexity index is 2050. The predicted molar refractivity (Wildman–Crippen MR) is 198 cm³/mol. The molecule has 0 aliphatic carbocycles. The van der Waals surface area contributed by atoms with Gasteiger partial charge in [0.1, 0.15) is 45.2 Å². The maximum absolute atomic E-state index is 10.5. The number of pyridine rings is 2. The first-order chi connectivity index (χ1) is 24.5. The highest BCUT2D eigenvalue weighted by atomic mass is 33.1. The van der Waals surface area contributed by atoms with Crippen molar-refractivity contribution in [2.75, 3.05) is 28.4 Å². The van der Waals surface area contributed by atoms with E-state index in [2.05, 4.69) is 12.1 Å². The van der Waals surface area contributed by atoms with E-state index < -0.39 is 0 Å². The fourth-order valence-electron chi connectivity index (χ4n) is 5.27. The van der Waals surface area contributed by atoms with Crippen LogP contribution in [0.3, 0.4) is 0 Å². The molecule has 0 saturated carbocycles. The maximum atomic E-state index is 10.5. The molecule has 0 fully saturated rings. The first-order valence-electron chi connectivity index (χ1n) is 15.3. The molecule has 0 aliphatic heterocycles. The normalized spacial score (nSPS) is 10.5. The Kier molecular flexibility index (Phi) is 10.5. The Morgan fingerprint density at radius 3 is 0.980 bits per heavy atom. The average molecular weight is 695 g/mol. The van der Waals surface area contributed by atoms with Crippen LogP contribution in [-0.4, -0.2) is 38.4 Å². The van der Waals surface area contributed by atoms with Gasteiger partial charge in [0.05, 0.1) is 51.0 Å². The third-order valence-electron chi connectivity index (χ3n) is 7.97. The lowest BCUT2D eigenvalue weighted by molar-refractivity contribution is 0.414. The van der Waals surface area contributed by atoms with Crippen molar-refractivity contribution in [3.63, 3.8) is 0 Å². The van der Waals surface area contributed by atoms with Gasteiger partial charge < -0.3 is 18.9 Å². The van der Waals surface area contributed by atoms with Crippen LogP contribution in [0.2, 0.25) is 0 Å². The molecule has 6 rings (SSSR count). The molecule has 0 N–H and O–H groups in total. The van der Waals surface area contributed by atoms with E-state index in [0.717, 1.165) is 44.9 Å². The molecule has 50 heavy (non-hydrogen) atoms. The molecule has 0 unspecified atom stereocenters. The number of methoxy groups -OCH3 is 4. The Balaban J connectivity index is 1.48. The van der Waals surface area contributed by atoms with Gasteiger partial charge in [-0.1, -0.05) is 24.3 Å². The number of rotatable bonds is 11. The minimum Gasteiger partial charge on any atom is -0.497 e. The lowest BCUT2D eigenvalue weighted by Gasteiger charge is -2.15. The molecule has 0 amide bonds. The highest BCUT2D eigenvalue weighted by Crippen LogP contribution is 2.45. The van der Waals surface area contributed by atoms with Crippen LogP contribution in [0.4, 0.5) is 0 Å². The van der Waals surface area contributed by atoms with Crippen LogP contribution in [-0.2, 0) is 0 Å². The Labute approximate surface area is 298 Å². The van der Waals surface area contributed by atoms with Crippen molar-refractivity contribution >= 4 is 21.6 Å². The first-order valence-corrected chi connectivity index (χ1v) is 17.5. The minimum absolute atomic E-state index is 0.408. The summed E-state index contributed by atoms with van der Waals surface area (Å²) >= 11 is 0. The Morgan fingerprint density at radius 2 is 0.720 bits per heavy atom. The molecule has 0 aliphatic rings. The molecule has 0 spiro atoms. The van der Waals surface area contributed by atoms with E-state index in [1.807, 2.05) is 109 Å². The van der Waals surface area contributed by atoms with Crippen LogP contribution in [0, 0.1) is 22.7 Å². The maximum Gasteiger partial charge on any atom is 0.126 e. The number of nitrogens with zero attached hydrogens (tertiary/aromatic N) is 4. The summed E-state index contributed by atoms with van der Waals surface area (Å²) in [5.74, 6) is 2.87. The number of nitriles is 2. The molecule has 4 aromatic carbocycles. The smallest absolute Gasteiger partial charge is 0.126 e. The van der Waals surface area contributed by atoms with Gasteiger partial charge in [0.2, 0.25) is 0 Å². The van der Waals surface area contributed by atoms with Crippen LogP contribution in [0.25, 0.3) is 44.8 Å². The second kappa shape index (κ2) is 15.5. The van der Waals surface area contributed by atoms with Gasteiger partial charge in [0.15, 0.2) is 0 Å². The first kappa shape index (κ1) is 33.9. The van der Waals surface area contributed by atoms with Crippen LogP contribution in [0.15, 0.2) is 119 Å². The molecule has 10 heteroatoms. The van der Waals surface area contributed by atoms with E-state index in [1.54, 1.807) is 28.4 Å². The Hall–Kier alpha value is -5.94. The summed E-state index contributed by atoms with van der Waals surface area (Å²) in [5.41, 5.74) is 7.01. The van der Waals surface area contributed by atoms with Gasteiger partial charge >= 0.3 is 0 Å². The summed E-state index contributed by atoms with van der Waals surface area (Å²) in [6.45, 7) is 0. The molecule has 0 radical (unpaired) electrons. The van der Waals surface area contributed by atoms with Gasteiger partial charge in [0, 0.05) is 22.3 Å². The summed E-state index contributed by atoms with van der Waals surface area (Å²) in [5, 5.41) is 22.0. The van der Waals surface area contributed by atoms with Crippen LogP contribution in [0.1, 0.15) is 11.1 Å². The molecular formula is C40H30N4O4S2. The van der Waals surface area contributed by atoms with Crippen LogP contribution in [0.5, 0.6) is 23.0 Å². The van der Waals surface area contributed by atoms with Crippen molar-refractivity contribution in [3.8, 4) is 79.9 Å². The molecule has 246 valence electrons. The largest absolute Gasteiger partial charge is 0.497 e. The second-order valence-corrected chi connectivity index (χ2v) is 12.9. The summed E-state index contributed by atoms with van der Waals surface area (Å²) in [4.78, 5) is 9.95. The zero-order valence-corrected chi connectivity index (χ0v) is 29.3. The number of hydrogen-bond donors (Lipinski definition) is 0. The van der Waals surface area contributed by atoms with Gasteiger partial charge in [-0.3, -0.25) is 0 Å². The van der Waals surface area contributed by atoms with E-state index in [0.29, 0.717) is 44.1 Å². The number of aromatic nitrogens is 2. The summed E-state index contributed by atoms with van der Waals surface area (Å²) < 4.78 is 21.5. The summed E-state index contributed by atoms with van der Waals surface area (Å²) in [6, 6.07) is 39.0. The van der Waals surface area contributed by atoms with Crippen molar-refractivity contribution in [1.82, 2.24) is 9.97 Å². The zero-order chi connectivity index (χ0) is 35.0. The third-order valence-corrected chi connectivity index (χ3v) is 10.2. The Morgan fingerprint density at radius 1 is 0.440 bits per heavy atom. The molecular weight excluding hydrogens is 665 g/mol. The van der Waals surface area contributed by atoms with Crippen LogP contribution < -0.4 is 18.9 Å². The van der Waals surface area contributed by atoms with Crippen molar-refractivity contribution < 1.29 is 18.9 Å². The van der Waals surface area contributed by atoms with Gasteiger partial charge in [-0.25, -0.2) is 9.97 Å². The SMILES string of the molecule is COc1ccc(-c2cc(-c3ccc(OC)cc3)c(C#N)c(SSc3nc(-c4ccc(OC)cc4)cc(-c4ccc(OC)cc4)c3C#N)n2)cc1. The lowest BCUT2D eigenvalue weighted by Crippen LogP contribution is -1.97. The molecule has 2 aromatic heterocycles. The number of ether oxygens (including phenoxy) is 4. The molecule has 0 atom stereocenters. The summed E-state index contributed by atoms with van der Waals surface area (Å²) in [6.07, 6.45) is 0. The second-order valence-electron chi connectivity index (χ2n) is 10.8. The van der Waals surface area contributed by atoms with Crippen molar-refractivity contribution in [2.24, 2.45) is 0 Å². The molecule has 2 heterocycles.